The maximum absolute atomic E-state index is 11.1. The van der Waals surface area contributed by atoms with Gasteiger partial charge in [0.05, 0.1) is 5.54 Å². The van der Waals surface area contributed by atoms with Crippen LogP contribution in [0.2, 0.25) is 0 Å². The van der Waals surface area contributed by atoms with Crippen molar-refractivity contribution in [1.82, 2.24) is 9.97 Å². The molecule has 0 radical (unpaired) electrons. The topological polar surface area (TPSA) is 104 Å². The van der Waals surface area contributed by atoms with Crippen LogP contribution in [-0.4, -0.2) is 28.0 Å². The van der Waals surface area contributed by atoms with Gasteiger partial charge >= 0.3 is 0 Å². The van der Waals surface area contributed by atoms with Crippen molar-refractivity contribution < 1.29 is 9.53 Å². The minimum Gasteiger partial charge on any atom is -0.474 e. The molecular formula is C11H16N4O2. The Bertz CT molecular complexity index is 416. The largest absolute Gasteiger partial charge is 0.474 e. The van der Waals surface area contributed by atoms with Gasteiger partial charge in [0.15, 0.2) is 5.69 Å². The molecule has 1 amide bonds. The number of nitrogens with zero attached hydrogens (tertiary/aromatic N) is 2. The van der Waals surface area contributed by atoms with Gasteiger partial charge in [-0.3, -0.25) is 4.79 Å². The third-order valence-electron chi connectivity index (χ3n) is 2.99. The van der Waals surface area contributed by atoms with Crippen LogP contribution in [0.25, 0.3) is 0 Å². The lowest BCUT2D eigenvalue weighted by atomic mass is 10.0. The van der Waals surface area contributed by atoms with E-state index in [4.69, 9.17) is 16.2 Å². The Balaban J connectivity index is 2.06. The Morgan fingerprint density at radius 1 is 1.35 bits per heavy atom. The zero-order chi connectivity index (χ0) is 12.3. The molecule has 17 heavy (non-hydrogen) atoms. The molecule has 1 saturated carbocycles. The summed E-state index contributed by atoms with van der Waals surface area (Å²) in [6.45, 7) is 0.339. The minimum absolute atomic E-state index is 0.0501. The summed E-state index contributed by atoms with van der Waals surface area (Å²) in [7, 11) is 0. The minimum atomic E-state index is -0.648. The first-order chi connectivity index (χ1) is 8.11. The van der Waals surface area contributed by atoms with Gasteiger partial charge in [0.2, 0.25) is 5.88 Å². The molecule has 0 bridgehead atoms. The SMILES string of the molecule is NC(=O)c1nccnc1OCC1(N)CCCC1. The van der Waals surface area contributed by atoms with Gasteiger partial charge in [-0.15, -0.1) is 0 Å². The summed E-state index contributed by atoms with van der Waals surface area (Å²) in [5.41, 5.74) is 11.1. The molecule has 6 heteroatoms. The number of ether oxygens (including phenoxy) is 1. The lowest BCUT2D eigenvalue weighted by Crippen LogP contribution is -2.42. The number of carbonyl (C=O) groups is 1. The molecule has 4 N–H and O–H groups in total. The number of nitrogens with two attached hydrogens (primary N) is 2. The molecule has 1 aliphatic rings. The standard InChI is InChI=1S/C11H16N4O2/c12-9(16)8-10(15-6-5-14-8)17-7-11(13)3-1-2-4-11/h5-6H,1-4,7,13H2,(H2,12,16). The van der Waals surface area contributed by atoms with Crippen molar-refractivity contribution in [1.29, 1.82) is 0 Å². The Labute approximate surface area is 99.4 Å². The van der Waals surface area contributed by atoms with Crippen molar-refractivity contribution in [3.05, 3.63) is 18.1 Å². The van der Waals surface area contributed by atoms with Crippen molar-refractivity contribution in [2.45, 2.75) is 31.2 Å². The zero-order valence-electron chi connectivity index (χ0n) is 9.56. The number of hydrogen-bond donors (Lipinski definition) is 2. The van der Waals surface area contributed by atoms with Gasteiger partial charge < -0.3 is 16.2 Å². The summed E-state index contributed by atoms with van der Waals surface area (Å²) in [5.74, 6) is -0.484. The quantitative estimate of drug-likeness (QED) is 0.778. The average Bonchev–Trinajstić information content (AvgIpc) is 2.74. The van der Waals surface area contributed by atoms with Gasteiger partial charge in [0.25, 0.3) is 5.91 Å². The summed E-state index contributed by atoms with van der Waals surface area (Å²) in [6.07, 6.45) is 6.95. The van der Waals surface area contributed by atoms with E-state index in [0.29, 0.717) is 6.61 Å². The molecule has 6 nitrogen and oxygen atoms in total. The highest BCUT2D eigenvalue weighted by Gasteiger charge is 2.30. The van der Waals surface area contributed by atoms with Gasteiger partial charge in [-0.2, -0.15) is 0 Å². The smallest absolute Gasteiger partial charge is 0.272 e. The van der Waals surface area contributed by atoms with Crippen LogP contribution in [0.3, 0.4) is 0 Å². The first-order valence-corrected chi connectivity index (χ1v) is 5.63. The molecular weight excluding hydrogens is 220 g/mol. The molecule has 92 valence electrons. The number of rotatable bonds is 4. The summed E-state index contributed by atoms with van der Waals surface area (Å²) in [4.78, 5) is 18.9. The first-order valence-electron chi connectivity index (χ1n) is 5.63. The van der Waals surface area contributed by atoms with Crippen LogP contribution < -0.4 is 16.2 Å². The number of carbonyl (C=O) groups excluding carboxylic acids is 1. The van der Waals surface area contributed by atoms with Gasteiger partial charge in [-0.25, -0.2) is 9.97 Å². The number of primary amides is 1. The molecule has 1 aliphatic carbocycles. The van der Waals surface area contributed by atoms with Crippen LogP contribution >= 0.6 is 0 Å². The van der Waals surface area contributed by atoms with E-state index in [1.54, 1.807) is 0 Å². The summed E-state index contributed by atoms with van der Waals surface area (Å²) in [5, 5.41) is 0. The van der Waals surface area contributed by atoms with Crippen LogP contribution in [0.1, 0.15) is 36.2 Å². The third-order valence-corrected chi connectivity index (χ3v) is 2.99. The van der Waals surface area contributed by atoms with Crippen LogP contribution in [0.5, 0.6) is 5.88 Å². The lowest BCUT2D eigenvalue weighted by Gasteiger charge is -2.23. The highest BCUT2D eigenvalue weighted by molar-refractivity contribution is 5.92. The van der Waals surface area contributed by atoms with Gasteiger partial charge in [-0.05, 0) is 12.8 Å². The fourth-order valence-corrected chi connectivity index (χ4v) is 2.04. The summed E-state index contributed by atoms with van der Waals surface area (Å²) >= 11 is 0. The molecule has 1 heterocycles. The van der Waals surface area contributed by atoms with E-state index in [0.717, 1.165) is 25.7 Å². The van der Waals surface area contributed by atoms with Crippen molar-refractivity contribution in [2.75, 3.05) is 6.61 Å². The van der Waals surface area contributed by atoms with Gasteiger partial charge in [0.1, 0.15) is 6.61 Å². The summed E-state index contributed by atoms with van der Waals surface area (Å²) < 4.78 is 5.49. The van der Waals surface area contributed by atoms with Crippen molar-refractivity contribution in [3.8, 4) is 5.88 Å². The number of hydrogen-bond acceptors (Lipinski definition) is 5. The van der Waals surface area contributed by atoms with Crippen LogP contribution in [-0.2, 0) is 0 Å². The second-order valence-electron chi connectivity index (χ2n) is 4.43. The lowest BCUT2D eigenvalue weighted by molar-refractivity contribution is 0.0987. The average molecular weight is 236 g/mol. The van der Waals surface area contributed by atoms with Crippen molar-refractivity contribution in [3.63, 3.8) is 0 Å². The maximum Gasteiger partial charge on any atom is 0.272 e. The molecule has 0 saturated heterocycles. The van der Waals surface area contributed by atoms with Gasteiger partial charge in [0, 0.05) is 12.4 Å². The predicted molar refractivity (Wildman–Crippen MR) is 61.4 cm³/mol. The van der Waals surface area contributed by atoms with E-state index in [9.17, 15) is 4.79 Å². The predicted octanol–water partition coefficient (Wildman–Crippen LogP) is 0.226. The Hall–Kier alpha value is -1.69. The van der Waals surface area contributed by atoms with E-state index in [2.05, 4.69) is 9.97 Å². The third kappa shape index (κ3) is 2.71. The Morgan fingerprint density at radius 3 is 2.65 bits per heavy atom. The molecule has 0 aromatic carbocycles. The van der Waals surface area contributed by atoms with E-state index in [-0.39, 0.29) is 17.1 Å². The van der Waals surface area contributed by atoms with Crippen molar-refractivity contribution in [2.24, 2.45) is 11.5 Å². The highest BCUT2D eigenvalue weighted by Crippen LogP contribution is 2.27. The molecule has 0 atom stereocenters. The Morgan fingerprint density at radius 2 is 2.00 bits per heavy atom. The molecule has 2 rings (SSSR count). The van der Waals surface area contributed by atoms with Crippen LogP contribution in [0.15, 0.2) is 12.4 Å². The van der Waals surface area contributed by atoms with Gasteiger partial charge in [-0.1, -0.05) is 12.8 Å². The van der Waals surface area contributed by atoms with Crippen molar-refractivity contribution >= 4 is 5.91 Å². The molecule has 0 aliphatic heterocycles. The normalized spacial score (nSPS) is 17.9. The van der Waals surface area contributed by atoms with E-state index in [1.807, 2.05) is 0 Å². The second kappa shape index (κ2) is 4.67. The molecule has 1 aromatic rings. The maximum atomic E-state index is 11.1. The molecule has 1 fully saturated rings. The number of amides is 1. The van der Waals surface area contributed by atoms with Crippen LogP contribution in [0.4, 0.5) is 0 Å². The molecule has 0 spiro atoms. The van der Waals surface area contributed by atoms with E-state index >= 15 is 0 Å². The first kappa shape index (κ1) is 11.8. The van der Waals surface area contributed by atoms with E-state index < -0.39 is 5.91 Å². The monoisotopic (exact) mass is 236 g/mol. The molecule has 1 aromatic heterocycles. The Kier molecular flexibility index (Phi) is 3.23. The molecule has 0 unspecified atom stereocenters. The summed E-state index contributed by atoms with van der Waals surface area (Å²) in [6, 6.07) is 0. The number of aromatic nitrogens is 2. The van der Waals surface area contributed by atoms with E-state index in [1.165, 1.54) is 12.4 Å². The fraction of sp³-hybridized carbons (Fsp3) is 0.545. The zero-order valence-corrected chi connectivity index (χ0v) is 9.56. The van der Waals surface area contributed by atoms with Crippen LogP contribution in [0, 0.1) is 0 Å². The highest BCUT2D eigenvalue weighted by atomic mass is 16.5. The fourth-order valence-electron chi connectivity index (χ4n) is 2.04. The second-order valence-corrected chi connectivity index (χ2v) is 4.43.